The first-order valence-electron chi connectivity index (χ1n) is 10.7. The van der Waals surface area contributed by atoms with Crippen molar-refractivity contribution in [1.29, 1.82) is 0 Å². The predicted molar refractivity (Wildman–Crippen MR) is 140 cm³/mol. The Balaban J connectivity index is 0.00000341. The van der Waals surface area contributed by atoms with Gasteiger partial charge in [-0.25, -0.2) is 4.99 Å². The van der Waals surface area contributed by atoms with Crippen LogP contribution in [0.1, 0.15) is 46.6 Å². The number of carbonyl (C=O) groups is 1. The molecule has 1 saturated heterocycles. The van der Waals surface area contributed by atoms with Crippen molar-refractivity contribution in [1.82, 2.24) is 20.9 Å². The zero-order valence-electron chi connectivity index (χ0n) is 18.6. The number of hydrogen-bond donors (Lipinski definition) is 3. The summed E-state index contributed by atoms with van der Waals surface area (Å²) in [7, 11) is 3.88. The number of guanidine groups is 1. The summed E-state index contributed by atoms with van der Waals surface area (Å²) in [6.07, 6.45) is 2.45. The minimum atomic E-state index is -0.0715. The molecular weight excluding hydrogens is 521 g/mol. The molecular formula is C23H34IN5OS. The molecule has 2 unspecified atom stereocenters. The second-order valence-corrected chi connectivity index (χ2v) is 8.67. The van der Waals surface area contributed by atoms with Crippen molar-refractivity contribution >= 4 is 47.2 Å². The van der Waals surface area contributed by atoms with Gasteiger partial charge in [-0.15, -0.1) is 35.3 Å². The van der Waals surface area contributed by atoms with Crippen LogP contribution in [0.5, 0.6) is 0 Å². The number of thiophene rings is 1. The van der Waals surface area contributed by atoms with Crippen LogP contribution >= 0.6 is 35.3 Å². The predicted octanol–water partition coefficient (Wildman–Crippen LogP) is 3.86. The molecule has 0 aliphatic carbocycles. The Labute approximate surface area is 206 Å². The Morgan fingerprint density at radius 1 is 1.23 bits per heavy atom. The van der Waals surface area contributed by atoms with E-state index in [1.54, 1.807) is 7.05 Å². The fourth-order valence-electron chi connectivity index (χ4n) is 4.03. The van der Waals surface area contributed by atoms with Crippen LogP contribution in [0, 0.1) is 5.92 Å². The van der Waals surface area contributed by atoms with E-state index in [2.05, 4.69) is 52.3 Å². The van der Waals surface area contributed by atoms with Crippen LogP contribution in [-0.2, 0) is 6.54 Å². The number of halogens is 1. The summed E-state index contributed by atoms with van der Waals surface area (Å²) in [5.74, 6) is 1.32. The van der Waals surface area contributed by atoms with Crippen molar-refractivity contribution in [3.63, 3.8) is 0 Å². The molecule has 1 aliphatic heterocycles. The van der Waals surface area contributed by atoms with E-state index in [4.69, 9.17) is 4.99 Å². The van der Waals surface area contributed by atoms with Gasteiger partial charge in [0.05, 0.1) is 6.54 Å². The summed E-state index contributed by atoms with van der Waals surface area (Å²) in [4.78, 5) is 20.4. The van der Waals surface area contributed by atoms with E-state index in [0.717, 1.165) is 31.2 Å². The van der Waals surface area contributed by atoms with E-state index in [1.165, 1.54) is 17.7 Å². The van der Waals surface area contributed by atoms with E-state index in [-0.39, 0.29) is 29.9 Å². The Morgan fingerprint density at radius 3 is 2.65 bits per heavy atom. The largest absolute Gasteiger partial charge is 0.357 e. The standard InChI is InChI=1S/C23H33N5OS.HI/c1-4-25-23(26-15-17-9-11-18(12-10-17)22(29)24-2)27-16-19-7-5-13-28(3)21(19)20-8-6-14-30-20;/h6,8-12,14,19,21H,4-5,7,13,15-16H2,1-3H3,(H,24,29)(H2,25,26,27);1H. The highest BCUT2D eigenvalue weighted by Crippen LogP contribution is 2.36. The first-order chi connectivity index (χ1) is 14.6. The molecule has 3 N–H and O–H groups in total. The van der Waals surface area contributed by atoms with Gasteiger partial charge in [0.2, 0.25) is 0 Å². The smallest absolute Gasteiger partial charge is 0.251 e. The lowest BCUT2D eigenvalue weighted by molar-refractivity contribution is 0.0963. The second kappa shape index (κ2) is 13.0. The molecule has 0 radical (unpaired) electrons. The molecule has 1 aromatic heterocycles. The van der Waals surface area contributed by atoms with Gasteiger partial charge in [0.15, 0.2) is 5.96 Å². The third-order valence-corrected chi connectivity index (χ3v) is 6.52. The molecule has 2 aromatic rings. The Morgan fingerprint density at radius 2 is 2.00 bits per heavy atom. The molecule has 1 fully saturated rings. The number of carbonyl (C=O) groups excluding carboxylic acids is 1. The quantitative estimate of drug-likeness (QED) is 0.276. The van der Waals surface area contributed by atoms with Crippen LogP contribution in [0.4, 0.5) is 0 Å². The summed E-state index contributed by atoms with van der Waals surface area (Å²) >= 11 is 1.85. The molecule has 1 aliphatic rings. The summed E-state index contributed by atoms with van der Waals surface area (Å²) in [6, 6.07) is 12.5. The van der Waals surface area contributed by atoms with Crippen molar-refractivity contribution < 1.29 is 4.79 Å². The van der Waals surface area contributed by atoms with E-state index in [0.29, 0.717) is 24.1 Å². The number of benzene rings is 1. The third-order valence-electron chi connectivity index (χ3n) is 5.58. The Kier molecular flexibility index (Phi) is 10.8. The first kappa shape index (κ1) is 25.6. The van der Waals surface area contributed by atoms with Crippen molar-refractivity contribution in [2.75, 3.05) is 33.7 Å². The van der Waals surface area contributed by atoms with Gasteiger partial charge in [-0.3, -0.25) is 9.69 Å². The maximum Gasteiger partial charge on any atom is 0.251 e. The minimum Gasteiger partial charge on any atom is -0.357 e. The van der Waals surface area contributed by atoms with Gasteiger partial charge >= 0.3 is 0 Å². The number of nitrogens with zero attached hydrogens (tertiary/aromatic N) is 2. The topological polar surface area (TPSA) is 68.8 Å². The maximum atomic E-state index is 11.7. The van der Waals surface area contributed by atoms with Gasteiger partial charge in [-0.05, 0) is 68.4 Å². The van der Waals surface area contributed by atoms with Gasteiger partial charge in [-0.2, -0.15) is 0 Å². The van der Waals surface area contributed by atoms with Crippen molar-refractivity contribution in [2.45, 2.75) is 32.4 Å². The molecule has 1 amide bonds. The van der Waals surface area contributed by atoms with Crippen LogP contribution in [0.15, 0.2) is 46.8 Å². The maximum absolute atomic E-state index is 11.7. The van der Waals surface area contributed by atoms with Gasteiger partial charge < -0.3 is 16.0 Å². The molecule has 2 atom stereocenters. The number of amides is 1. The molecule has 0 spiro atoms. The fourth-order valence-corrected chi connectivity index (χ4v) is 5.01. The monoisotopic (exact) mass is 555 g/mol. The average Bonchev–Trinajstić information content (AvgIpc) is 3.30. The molecule has 6 nitrogen and oxygen atoms in total. The number of piperidine rings is 1. The van der Waals surface area contributed by atoms with Crippen LogP contribution in [0.3, 0.4) is 0 Å². The van der Waals surface area contributed by atoms with E-state index < -0.39 is 0 Å². The summed E-state index contributed by atoms with van der Waals surface area (Å²) in [6.45, 7) is 5.52. The normalized spacial score (nSPS) is 19.4. The number of aliphatic imine (C=N–C) groups is 1. The zero-order valence-corrected chi connectivity index (χ0v) is 21.7. The number of hydrogen-bond acceptors (Lipinski definition) is 4. The van der Waals surface area contributed by atoms with Gasteiger partial charge in [-0.1, -0.05) is 18.2 Å². The highest BCUT2D eigenvalue weighted by Gasteiger charge is 2.31. The van der Waals surface area contributed by atoms with Crippen LogP contribution in [-0.4, -0.2) is 50.5 Å². The van der Waals surface area contributed by atoms with Crippen LogP contribution in [0.25, 0.3) is 0 Å². The lowest BCUT2D eigenvalue weighted by Gasteiger charge is -2.39. The Bertz CT molecular complexity index is 825. The van der Waals surface area contributed by atoms with Gasteiger partial charge in [0.25, 0.3) is 5.91 Å². The highest BCUT2D eigenvalue weighted by molar-refractivity contribution is 14.0. The van der Waals surface area contributed by atoms with E-state index >= 15 is 0 Å². The molecule has 3 rings (SSSR count). The van der Waals surface area contributed by atoms with E-state index in [1.807, 2.05) is 35.6 Å². The average molecular weight is 556 g/mol. The van der Waals surface area contributed by atoms with Crippen molar-refractivity contribution in [3.05, 3.63) is 57.8 Å². The Hall–Kier alpha value is -1.65. The lowest BCUT2D eigenvalue weighted by Crippen LogP contribution is -2.44. The molecule has 2 heterocycles. The SMILES string of the molecule is CCNC(=NCc1ccc(C(=O)NC)cc1)NCC1CCCN(C)C1c1cccs1.I. The van der Waals surface area contributed by atoms with Crippen LogP contribution < -0.4 is 16.0 Å². The van der Waals surface area contributed by atoms with Gasteiger partial charge in [0.1, 0.15) is 0 Å². The second-order valence-electron chi connectivity index (χ2n) is 7.70. The van der Waals surface area contributed by atoms with Gasteiger partial charge in [0, 0.05) is 36.6 Å². The third kappa shape index (κ3) is 7.18. The number of likely N-dealkylation sites (tertiary alicyclic amines) is 1. The number of nitrogens with one attached hydrogen (secondary N) is 3. The molecule has 170 valence electrons. The first-order valence-corrected chi connectivity index (χ1v) is 11.6. The fraction of sp³-hybridized carbons (Fsp3) is 0.478. The summed E-state index contributed by atoms with van der Waals surface area (Å²) < 4.78 is 0. The minimum absolute atomic E-state index is 0. The highest BCUT2D eigenvalue weighted by atomic mass is 127. The molecule has 8 heteroatoms. The zero-order chi connectivity index (χ0) is 21.3. The summed E-state index contributed by atoms with van der Waals surface area (Å²) in [5, 5.41) is 11.7. The van der Waals surface area contributed by atoms with Crippen molar-refractivity contribution in [2.24, 2.45) is 10.9 Å². The van der Waals surface area contributed by atoms with Crippen molar-refractivity contribution in [3.8, 4) is 0 Å². The van der Waals surface area contributed by atoms with E-state index in [9.17, 15) is 4.79 Å². The molecule has 0 bridgehead atoms. The molecule has 31 heavy (non-hydrogen) atoms. The molecule has 1 aromatic carbocycles. The lowest BCUT2D eigenvalue weighted by atomic mass is 9.88. The molecule has 0 saturated carbocycles. The summed E-state index contributed by atoms with van der Waals surface area (Å²) in [5.41, 5.74) is 1.74. The van der Waals surface area contributed by atoms with Crippen LogP contribution in [0.2, 0.25) is 0 Å². The number of rotatable bonds is 7.